The maximum absolute atomic E-state index is 5.73. The van der Waals surface area contributed by atoms with E-state index in [0.29, 0.717) is 0 Å². The van der Waals surface area contributed by atoms with Crippen LogP contribution >= 0.6 is 0 Å². The number of likely N-dealkylation sites (tertiary alicyclic amines) is 1. The Bertz CT molecular complexity index is 143. The van der Waals surface area contributed by atoms with Crippen LogP contribution in [-0.4, -0.2) is 31.1 Å². The lowest BCUT2D eigenvalue weighted by molar-refractivity contribution is 0.151. The summed E-state index contributed by atoms with van der Waals surface area (Å²) in [6.45, 7) is 9.32. The van der Waals surface area contributed by atoms with Gasteiger partial charge in [0.2, 0.25) is 0 Å². The van der Waals surface area contributed by atoms with E-state index in [2.05, 4.69) is 18.7 Å². The lowest BCUT2D eigenvalue weighted by Gasteiger charge is -2.34. The third kappa shape index (κ3) is 3.58. The first-order valence-electron chi connectivity index (χ1n) is 6.22. The van der Waals surface area contributed by atoms with Crippen molar-refractivity contribution in [3.05, 3.63) is 0 Å². The second kappa shape index (κ2) is 6.41. The Balaban J connectivity index is 2.29. The van der Waals surface area contributed by atoms with E-state index < -0.39 is 0 Å². The number of hydrogen-bond donors (Lipinski definition) is 1. The molecule has 0 unspecified atom stereocenters. The third-order valence-corrected chi connectivity index (χ3v) is 3.61. The number of hydrogen-bond acceptors (Lipinski definition) is 2. The Morgan fingerprint density at radius 1 is 1.36 bits per heavy atom. The molecule has 1 aliphatic heterocycles. The summed E-state index contributed by atoms with van der Waals surface area (Å²) in [6.07, 6.45) is 5.33. The minimum absolute atomic E-state index is 0.762. The minimum Gasteiger partial charge on any atom is -0.330 e. The molecule has 0 aromatic heterocycles. The van der Waals surface area contributed by atoms with Crippen LogP contribution in [0.2, 0.25) is 0 Å². The molecule has 0 spiro atoms. The summed E-state index contributed by atoms with van der Waals surface area (Å²) >= 11 is 0. The second-order valence-corrected chi connectivity index (χ2v) is 4.69. The van der Waals surface area contributed by atoms with Gasteiger partial charge in [-0.05, 0) is 37.8 Å². The average Bonchev–Trinajstić information content (AvgIpc) is 2.26. The average molecular weight is 198 g/mol. The molecule has 2 N–H and O–H groups in total. The Hall–Kier alpha value is -0.0800. The summed E-state index contributed by atoms with van der Waals surface area (Å²) in [6, 6.07) is 0. The van der Waals surface area contributed by atoms with Crippen LogP contribution in [0.4, 0.5) is 0 Å². The maximum Gasteiger partial charge on any atom is 0.00218 e. The summed E-state index contributed by atoms with van der Waals surface area (Å²) in [5, 5.41) is 0. The topological polar surface area (TPSA) is 29.3 Å². The molecular formula is C12H26N2. The first-order valence-corrected chi connectivity index (χ1v) is 6.22. The molecule has 1 saturated heterocycles. The smallest absolute Gasteiger partial charge is 0.00218 e. The summed E-state index contributed by atoms with van der Waals surface area (Å²) in [5.41, 5.74) is 5.73. The van der Waals surface area contributed by atoms with Gasteiger partial charge in [-0.15, -0.1) is 0 Å². The second-order valence-electron chi connectivity index (χ2n) is 4.69. The van der Waals surface area contributed by atoms with E-state index in [1.807, 2.05) is 0 Å². The molecule has 0 aromatic carbocycles. The van der Waals surface area contributed by atoms with E-state index in [1.54, 1.807) is 0 Å². The first-order chi connectivity index (χ1) is 6.80. The molecule has 0 amide bonds. The normalized spacial score (nSPS) is 24.4. The monoisotopic (exact) mass is 198 g/mol. The van der Waals surface area contributed by atoms with E-state index >= 15 is 0 Å². The van der Waals surface area contributed by atoms with E-state index in [4.69, 9.17) is 5.73 Å². The van der Waals surface area contributed by atoms with E-state index in [1.165, 1.54) is 45.3 Å². The van der Waals surface area contributed by atoms with Gasteiger partial charge in [-0.1, -0.05) is 26.7 Å². The standard InChI is InChI=1S/C12H26N2/c1-3-11(4-2)9-14-7-5-6-12(8-13)10-14/h11-12H,3-10,13H2,1-2H3/t12-/m1/s1. The van der Waals surface area contributed by atoms with Gasteiger partial charge in [0.1, 0.15) is 0 Å². The van der Waals surface area contributed by atoms with Crippen LogP contribution in [-0.2, 0) is 0 Å². The largest absolute Gasteiger partial charge is 0.330 e. The van der Waals surface area contributed by atoms with Crippen LogP contribution in [0, 0.1) is 11.8 Å². The number of nitrogens with zero attached hydrogens (tertiary/aromatic N) is 1. The quantitative estimate of drug-likeness (QED) is 0.733. The zero-order valence-electron chi connectivity index (χ0n) is 9.84. The third-order valence-electron chi connectivity index (χ3n) is 3.61. The lowest BCUT2D eigenvalue weighted by atomic mass is 9.96. The van der Waals surface area contributed by atoms with Gasteiger partial charge in [-0.3, -0.25) is 0 Å². The summed E-state index contributed by atoms with van der Waals surface area (Å²) < 4.78 is 0. The molecule has 0 bridgehead atoms. The van der Waals surface area contributed by atoms with Gasteiger partial charge in [-0.2, -0.15) is 0 Å². The van der Waals surface area contributed by atoms with Crippen molar-refractivity contribution >= 4 is 0 Å². The van der Waals surface area contributed by atoms with Crippen LogP contribution in [0.3, 0.4) is 0 Å². The molecule has 0 aliphatic carbocycles. The molecule has 0 aromatic rings. The zero-order chi connectivity index (χ0) is 10.4. The van der Waals surface area contributed by atoms with Crippen molar-refractivity contribution in [2.24, 2.45) is 17.6 Å². The van der Waals surface area contributed by atoms with Crippen LogP contribution in [0.25, 0.3) is 0 Å². The highest BCUT2D eigenvalue weighted by molar-refractivity contribution is 4.75. The van der Waals surface area contributed by atoms with Crippen molar-refractivity contribution in [2.45, 2.75) is 39.5 Å². The molecule has 2 heteroatoms. The van der Waals surface area contributed by atoms with Crippen molar-refractivity contribution in [3.63, 3.8) is 0 Å². The fraction of sp³-hybridized carbons (Fsp3) is 1.00. The highest BCUT2D eigenvalue weighted by Gasteiger charge is 2.20. The fourth-order valence-electron chi connectivity index (χ4n) is 2.42. The van der Waals surface area contributed by atoms with Gasteiger partial charge in [0.15, 0.2) is 0 Å². The number of piperidine rings is 1. The molecule has 0 radical (unpaired) electrons. The molecule has 1 heterocycles. The highest BCUT2D eigenvalue weighted by atomic mass is 15.1. The molecule has 1 atom stereocenters. The van der Waals surface area contributed by atoms with Crippen molar-refractivity contribution in [1.29, 1.82) is 0 Å². The molecule has 1 fully saturated rings. The molecule has 1 rings (SSSR count). The first kappa shape index (κ1) is 12.0. The number of nitrogens with two attached hydrogens (primary N) is 1. The molecule has 0 saturated carbocycles. The van der Waals surface area contributed by atoms with Gasteiger partial charge in [0, 0.05) is 13.1 Å². The summed E-state index contributed by atoms with van der Waals surface area (Å²) in [5.74, 6) is 1.66. The Kier molecular flexibility index (Phi) is 5.49. The van der Waals surface area contributed by atoms with E-state index in [9.17, 15) is 0 Å². The van der Waals surface area contributed by atoms with E-state index in [-0.39, 0.29) is 0 Å². The van der Waals surface area contributed by atoms with Crippen molar-refractivity contribution < 1.29 is 0 Å². The maximum atomic E-state index is 5.73. The number of rotatable bonds is 5. The minimum atomic E-state index is 0.762. The molecule has 84 valence electrons. The van der Waals surface area contributed by atoms with Gasteiger partial charge in [0.05, 0.1) is 0 Å². The SMILES string of the molecule is CCC(CC)CN1CCC[C@H](CN)C1. The van der Waals surface area contributed by atoms with Crippen molar-refractivity contribution in [1.82, 2.24) is 4.90 Å². The highest BCUT2D eigenvalue weighted by Crippen LogP contribution is 2.18. The van der Waals surface area contributed by atoms with Crippen LogP contribution in [0.5, 0.6) is 0 Å². The van der Waals surface area contributed by atoms with Crippen LogP contribution < -0.4 is 5.73 Å². The summed E-state index contributed by atoms with van der Waals surface area (Å²) in [4.78, 5) is 2.62. The van der Waals surface area contributed by atoms with Gasteiger partial charge in [0.25, 0.3) is 0 Å². The van der Waals surface area contributed by atoms with Crippen molar-refractivity contribution in [2.75, 3.05) is 26.2 Å². The Morgan fingerprint density at radius 2 is 2.07 bits per heavy atom. The predicted octanol–water partition coefficient (Wildman–Crippen LogP) is 2.09. The fourth-order valence-corrected chi connectivity index (χ4v) is 2.42. The van der Waals surface area contributed by atoms with E-state index in [0.717, 1.165) is 18.4 Å². The molecular weight excluding hydrogens is 172 g/mol. The van der Waals surface area contributed by atoms with Crippen LogP contribution in [0.1, 0.15) is 39.5 Å². The lowest BCUT2D eigenvalue weighted by Crippen LogP contribution is -2.40. The van der Waals surface area contributed by atoms with Gasteiger partial charge in [-0.25, -0.2) is 0 Å². The van der Waals surface area contributed by atoms with Gasteiger partial charge >= 0.3 is 0 Å². The predicted molar refractivity (Wildman–Crippen MR) is 62.3 cm³/mol. The molecule has 1 aliphatic rings. The van der Waals surface area contributed by atoms with Crippen LogP contribution in [0.15, 0.2) is 0 Å². The molecule has 2 nitrogen and oxygen atoms in total. The van der Waals surface area contributed by atoms with Gasteiger partial charge < -0.3 is 10.6 Å². The molecule has 14 heavy (non-hydrogen) atoms. The Morgan fingerprint density at radius 3 is 2.64 bits per heavy atom. The summed E-state index contributed by atoms with van der Waals surface area (Å²) in [7, 11) is 0. The zero-order valence-corrected chi connectivity index (χ0v) is 9.84. The van der Waals surface area contributed by atoms with Crippen molar-refractivity contribution in [3.8, 4) is 0 Å². The Labute approximate surface area is 88.8 Å².